The number of hydrogen-bond donors (Lipinski definition) is 2. The Morgan fingerprint density at radius 2 is 1.88 bits per heavy atom. The molecule has 0 aliphatic rings. The van der Waals surface area contributed by atoms with Crippen LogP contribution in [-0.4, -0.2) is 33.0 Å². The topological polar surface area (TPSA) is 102 Å². The molecule has 0 saturated carbocycles. The molecular formula is C23H17ClN6O2S2. The van der Waals surface area contributed by atoms with Crippen LogP contribution in [0, 0.1) is 6.92 Å². The molecule has 3 aromatic heterocycles. The molecule has 0 unspecified atom stereocenters. The van der Waals surface area contributed by atoms with E-state index in [1.165, 1.54) is 28.9 Å². The van der Waals surface area contributed by atoms with Gasteiger partial charge in [0.2, 0.25) is 0 Å². The Morgan fingerprint density at radius 3 is 2.71 bits per heavy atom. The first-order valence-electron chi connectivity index (χ1n) is 10.1. The highest BCUT2D eigenvalue weighted by molar-refractivity contribution is 7.20. The zero-order valence-electron chi connectivity index (χ0n) is 18.0. The molecule has 2 N–H and O–H groups in total. The second-order valence-corrected chi connectivity index (χ2v) is 9.43. The molecule has 2 aromatic carbocycles. The number of methoxy groups -OCH3 is 1. The van der Waals surface area contributed by atoms with E-state index >= 15 is 0 Å². The number of rotatable bonds is 6. The number of amides is 1. The number of carbonyl (C=O) groups excluding carboxylic acids is 1. The van der Waals surface area contributed by atoms with Crippen LogP contribution in [0.3, 0.4) is 0 Å². The second kappa shape index (κ2) is 9.34. The summed E-state index contributed by atoms with van der Waals surface area (Å²) in [5.74, 6) is 0.296. The zero-order valence-corrected chi connectivity index (χ0v) is 20.4. The van der Waals surface area contributed by atoms with E-state index in [1.54, 1.807) is 25.3 Å². The van der Waals surface area contributed by atoms with Crippen molar-refractivity contribution in [3.63, 3.8) is 0 Å². The van der Waals surface area contributed by atoms with Crippen LogP contribution in [0.2, 0.25) is 5.02 Å². The van der Waals surface area contributed by atoms with Gasteiger partial charge in [0.1, 0.15) is 11.4 Å². The number of halogens is 1. The van der Waals surface area contributed by atoms with E-state index in [2.05, 4.69) is 30.6 Å². The van der Waals surface area contributed by atoms with Crippen molar-refractivity contribution in [2.24, 2.45) is 0 Å². The molecular weight excluding hydrogens is 492 g/mol. The monoisotopic (exact) mass is 508 g/mol. The van der Waals surface area contributed by atoms with Crippen molar-refractivity contribution >= 4 is 67.2 Å². The van der Waals surface area contributed by atoms with Crippen LogP contribution in [0.15, 0.2) is 54.0 Å². The number of anilines is 3. The molecule has 0 atom stereocenters. The van der Waals surface area contributed by atoms with Crippen molar-refractivity contribution in [1.29, 1.82) is 0 Å². The Bertz CT molecular complexity index is 1520. The van der Waals surface area contributed by atoms with E-state index in [-0.39, 0.29) is 11.6 Å². The molecule has 0 bridgehead atoms. The Balaban J connectivity index is 1.34. The third kappa shape index (κ3) is 4.56. The van der Waals surface area contributed by atoms with Crippen molar-refractivity contribution in [3.8, 4) is 16.3 Å². The number of fused-ring (bicyclic) bond motifs is 1. The summed E-state index contributed by atoms with van der Waals surface area (Å²) in [6, 6.07) is 12.7. The molecule has 8 nitrogen and oxygen atoms in total. The molecule has 0 radical (unpaired) electrons. The fourth-order valence-corrected chi connectivity index (χ4v) is 5.13. The van der Waals surface area contributed by atoms with Gasteiger partial charge in [0.25, 0.3) is 5.91 Å². The molecule has 0 fully saturated rings. The van der Waals surface area contributed by atoms with Crippen LogP contribution in [0.4, 0.5) is 16.0 Å². The quantitative estimate of drug-likeness (QED) is 0.282. The first-order valence-corrected chi connectivity index (χ1v) is 12.1. The molecule has 5 rings (SSSR count). The summed E-state index contributed by atoms with van der Waals surface area (Å²) in [5.41, 5.74) is 3.86. The van der Waals surface area contributed by atoms with Crippen LogP contribution in [0.5, 0.6) is 5.75 Å². The van der Waals surface area contributed by atoms with Gasteiger partial charge in [-0.2, -0.15) is 0 Å². The van der Waals surface area contributed by atoms with Crippen molar-refractivity contribution < 1.29 is 9.53 Å². The Morgan fingerprint density at radius 1 is 1.06 bits per heavy atom. The number of ether oxygens (including phenoxy) is 1. The number of benzene rings is 2. The summed E-state index contributed by atoms with van der Waals surface area (Å²) in [6.45, 7) is 1.88. The van der Waals surface area contributed by atoms with Gasteiger partial charge in [-0.15, -0.1) is 11.3 Å². The highest BCUT2D eigenvalue weighted by Gasteiger charge is 2.17. The lowest BCUT2D eigenvalue weighted by atomic mass is 10.3. The highest BCUT2D eigenvalue weighted by atomic mass is 35.5. The molecule has 0 saturated heterocycles. The normalized spacial score (nSPS) is 10.9. The van der Waals surface area contributed by atoms with Crippen molar-refractivity contribution in [1.82, 2.24) is 19.9 Å². The summed E-state index contributed by atoms with van der Waals surface area (Å²) >= 11 is 8.91. The van der Waals surface area contributed by atoms with E-state index in [1.807, 2.05) is 36.6 Å². The molecule has 11 heteroatoms. The van der Waals surface area contributed by atoms with E-state index < -0.39 is 0 Å². The fraction of sp³-hybridized carbons (Fsp3) is 0.0870. The maximum absolute atomic E-state index is 12.7. The van der Waals surface area contributed by atoms with Gasteiger partial charge in [0, 0.05) is 10.4 Å². The maximum Gasteiger partial charge on any atom is 0.277 e. The number of thiazole rings is 2. The predicted octanol–water partition coefficient (Wildman–Crippen LogP) is 6.18. The van der Waals surface area contributed by atoms with Gasteiger partial charge in [-0.05, 0) is 37.3 Å². The van der Waals surface area contributed by atoms with Crippen molar-refractivity contribution in [2.75, 3.05) is 17.7 Å². The highest BCUT2D eigenvalue weighted by Crippen LogP contribution is 2.37. The van der Waals surface area contributed by atoms with Gasteiger partial charge in [0.15, 0.2) is 10.3 Å². The van der Waals surface area contributed by atoms with Gasteiger partial charge in [-0.25, -0.2) is 15.0 Å². The Hall–Kier alpha value is -3.60. The minimum Gasteiger partial charge on any atom is -0.495 e. The average molecular weight is 509 g/mol. The van der Waals surface area contributed by atoms with Crippen LogP contribution < -0.4 is 15.4 Å². The predicted molar refractivity (Wildman–Crippen MR) is 137 cm³/mol. The number of aryl methyl sites for hydroxylation is 1. The molecule has 170 valence electrons. The lowest BCUT2D eigenvalue weighted by Crippen LogP contribution is -2.14. The fourth-order valence-electron chi connectivity index (χ4n) is 3.24. The molecule has 0 aliphatic heterocycles. The molecule has 0 aliphatic carbocycles. The van der Waals surface area contributed by atoms with Gasteiger partial charge >= 0.3 is 0 Å². The minimum absolute atomic E-state index is 0.226. The van der Waals surface area contributed by atoms with E-state index in [4.69, 9.17) is 16.3 Å². The second-order valence-electron chi connectivity index (χ2n) is 7.14. The maximum atomic E-state index is 12.7. The molecule has 34 heavy (non-hydrogen) atoms. The number of para-hydroxylation sites is 2. The van der Waals surface area contributed by atoms with Crippen LogP contribution in [0.1, 0.15) is 16.2 Å². The third-order valence-corrected chi connectivity index (χ3v) is 6.93. The molecule has 3 heterocycles. The number of nitrogens with zero attached hydrogens (tertiary/aromatic N) is 4. The van der Waals surface area contributed by atoms with Crippen LogP contribution in [0.25, 0.3) is 21.6 Å². The summed E-state index contributed by atoms with van der Waals surface area (Å²) in [7, 11) is 1.60. The van der Waals surface area contributed by atoms with Crippen molar-refractivity contribution in [3.05, 3.63) is 70.5 Å². The van der Waals surface area contributed by atoms with E-state index in [0.717, 1.165) is 27.5 Å². The minimum atomic E-state index is -0.368. The SMILES string of the molecule is COc1ccc(Cl)cc1Nc1nc(-c2sc(NC(=O)c3cnc4ccccc4n3)nc2C)cs1. The first-order chi connectivity index (χ1) is 16.5. The zero-order chi connectivity index (χ0) is 23.7. The Labute approximate surface area is 207 Å². The summed E-state index contributed by atoms with van der Waals surface area (Å²) in [4.78, 5) is 31.4. The van der Waals surface area contributed by atoms with Gasteiger partial charge < -0.3 is 10.1 Å². The van der Waals surface area contributed by atoms with Gasteiger partial charge in [-0.3, -0.25) is 15.1 Å². The molecule has 5 aromatic rings. The van der Waals surface area contributed by atoms with E-state index in [9.17, 15) is 4.79 Å². The molecule has 0 spiro atoms. The average Bonchev–Trinajstić information content (AvgIpc) is 3.44. The number of aromatic nitrogens is 4. The summed E-state index contributed by atoms with van der Waals surface area (Å²) < 4.78 is 5.38. The smallest absolute Gasteiger partial charge is 0.277 e. The largest absolute Gasteiger partial charge is 0.495 e. The summed E-state index contributed by atoms with van der Waals surface area (Å²) in [5, 5.41) is 9.73. The standard InChI is InChI=1S/C23H17ClN6O2S2/c1-12-20(18-11-33-22(29-18)28-16-9-13(24)7-8-19(16)32-2)34-23(26-12)30-21(31)17-10-25-14-5-3-4-6-15(14)27-17/h3-11H,1-2H3,(H,28,29)(H,26,30,31). The lowest BCUT2D eigenvalue weighted by molar-refractivity contribution is 0.102. The van der Waals surface area contributed by atoms with Gasteiger partial charge in [0.05, 0.1) is 46.3 Å². The first kappa shape index (κ1) is 22.2. The number of carbonyl (C=O) groups is 1. The van der Waals surface area contributed by atoms with Crippen LogP contribution >= 0.6 is 34.3 Å². The number of nitrogens with one attached hydrogen (secondary N) is 2. The third-order valence-electron chi connectivity index (χ3n) is 4.84. The van der Waals surface area contributed by atoms with E-state index in [0.29, 0.717) is 26.6 Å². The van der Waals surface area contributed by atoms with Crippen molar-refractivity contribution in [2.45, 2.75) is 6.92 Å². The van der Waals surface area contributed by atoms with Gasteiger partial charge in [-0.1, -0.05) is 35.1 Å². The number of hydrogen-bond acceptors (Lipinski definition) is 9. The lowest BCUT2D eigenvalue weighted by Gasteiger charge is -2.09. The Kier molecular flexibility index (Phi) is 6.10. The van der Waals surface area contributed by atoms with Crippen LogP contribution in [-0.2, 0) is 0 Å². The summed E-state index contributed by atoms with van der Waals surface area (Å²) in [6.07, 6.45) is 1.46. The molecule has 1 amide bonds.